The van der Waals surface area contributed by atoms with E-state index in [0.29, 0.717) is 25.9 Å². The zero-order valence-corrected chi connectivity index (χ0v) is 13.1. The highest BCUT2D eigenvalue weighted by Gasteiger charge is 2.35. The maximum Gasteiger partial charge on any atom is 0.303 e. The van der Waals surface area contributed by atoms with E-state index in [1.54, 1.807) is 4.90 Å². The molecule has 21 heavy (non-hydrogen) atoms. The molecule has 6 heteroatoms. The normalized spacial score (nSPS) is 19.9. The first-order valence-corrected chi connectivity index (χ1v) is 7.60. The molecule has 1 fully saturated rings. The third kappa shape index (κ3) is 5.73. The lowest BCUT2D eigenvalue weighted by Gasteiger charge is -2.20. The van der Waals surface area contributed by atoms with Crippen LogP contribution >= 0.6 is 0 Å². The SMILES string of the molecule is CC(CCNC(=O)C1CC(=O)N(C(C)C)C1)CCC(=O)O. The quantitative estimate of drug-likeness (QED) is 0.706. The molecule has 1 aliphatic rings. The average Bonchev–Trinajstić information content (AvgIpc) is 2.78. The Morgan fingerprint density at radius 1 is 1.33 bits per heavy atom. The third-order valence-electron chi connectivity index (χ3n) is 3.94. The molecule has 0 bridgehead atoms. The first-order chi connectivity index (χ1) is 9.81. The monoisotopic (exact) mass is 298 g/mol. The van der Waals surface area contributed by atoms with Gasteiger partial charge in [0.2, 0.25) is 11.8 Å². The van der Waals surface area contributed by atoms with Gasteiger partial charge in [0.05, 0.1) is 5.92 Å². The molecule has 0 aromatic carbocycles. The number of amides is 2. The van der Waals surface area contributed by atoms with E-state index in [0.717, 1.165) is 6.42 Å². The highest BCUT2D eigenvalue weighted by Crippen LogP contribution is 2.20. The van der Waals surface area contributed by atoms with E-state index >= 15 is 0 Å². The number of hydrogen-bond acceptors (Lipinski definition) is 3. The molecule has 0 spiro atoms. The Balaban J connectivity index is 2.26. The lowest BCUT2D eigenvalue weighted by atomic mass is 10.0. The maximum absolute atomic E-state index is 12.0. The number of nitrogens with zero attached hydrogens (tertiary/aromatic N) is 1. The van der Waals surface area contributed by atoms with Gasteiger partial charge >= 0.3 is 5.97 Å². The first kappa shape index (κ1) is 17.5. The number of nitrogens with one attached hydrogen (secondary N) is 1. The second-order valence-electron chi connectivity index (χ2n) is 6.16. The average molecular weight is 298 g/mol. The number of likely N-dealkylation sites (tertiary alicyclic amines) is 1. The van der Waals surface area contributed by atoms with Gasteiger partial charge in [-0.1, -0.05) is 6.92 Å². The van der Waals surface area contributed by atoms with Crippen molar-refractivity contribution in [1.82, 2.24) is 10.2 Å². The summed E-state index contributed by atoms with van der Waals surface area (Å²) in [5.41, 5.74) is 0. The van der Waals surface area contributed by atoms with Crippen molar-refractivity contribution in [2.75, 3.05) is 13.1 Å². The molecule has 1 aliphatic heterocycles. The summed E-state index contributed by atoms with van der Waals surface area (Å²) in [4.78, 5) is 36.0. The minimum absolute atomic E-state index is 0.0416. The van der Waals surface area contributed by atoms with Crippen LogP contribution in [-0.4, -0.2) is 46.9 Å². The van der Waals surface area contributed by atoms with Crippen molar-refractivity contribution in [3.8, 4) is 0 Å². The molecular formula is C15H26N2O4. The minimum Gasteiger partial charge on any atom is -0.481 e. The molecule has 1 heterocycles. The topological polar surface area (TPSA) is 86.7 Å². The van der Waals surface area contributed by atoms with Gasteiger partial charge in [0.15, 0.2) is 0 Å². The third-order valence-corrected chi connectivity index (χ3v) is 3.94. The maximum atomic E-state index is 12.0. The van der Waals surface area contributed by atoms with Gasteiger partial charge in [-0.05, 0) is 32.6 Å². The minimum atomic E-state index is -0.788. The van der Waals surface area contributed by atoms with Gasteiger partial charge in [0, 0.05) is 32.0 Å². The summed E-state index contributed by atoms with van der Waals surface area (Å²) in [5.74, 6) is -0.811. The number of carbonyl (C=O) groups is 3. The van der Waals surface area contributed by atoms with Crippen molar-refractivity contribution in [2.24, 2.45) is 11.8 Å². The zero-order valence-electron chi connectivity index (χ0n) is 13.1. The van der Waals surface area contributed by atoms with Crippen molar-refractivity contribution in [3.05, 3.63) is 0 Å². The number of rotatable bonds is 8. The largest absolute Gasteiger partial charge is 0.481 e. The van der Waals surface area contributed by atoms with E-state index in [2.05, 4.69) is 5.32 Å². The van der Waals surface area contributed by atoms with Gasteiger partial charge in [-0.2, -0.15) is 0 Å². The molecule has 120 valence electrons. The Morgan fingerprint density at radius 2 is 2.00 bits per heavy atom. The van der Waals surface area contributed by atoms with Gasteiger partial charge in [-0.3, -0.25) is 14.4 Å². The molecule has 2 N–H and O–H groups in total. The molecule has 1 rings (SSSR count). The fourth-order valence-corrected chi connectivity index (χ4v) is 2.51. The molecule has 2 atom stereocenters. The predicted octanol–water partition coefficient (Wildman–Crippen LogP) is 1.25. The van der Waals surface area contributed by atoms with E-state index in [9.17, 15) is 14.4 Å². The number of carboxylic acid groups (broad SMARTS) is 1. The molecule has 0 radical (unpaired) electrons. The van der Waals surface area contributed by atoms with Gasteiger partial charge < -0.3 is 15.3 Å². The summed E-state index contributed by atoms with van der Waals surface area (Å²) in [5, 5.41) is 11.5. The summed E-state index contributed by atoms with van der Waals surface area (Å²) in [6.07, 6.45) is 1.83. The molecule has 0 aromatic rings. The van der Waals surface area contributed by atoms with E-state index in [4.69, 9.17) is 5.11 Å². The fourth-order valence-electron chi connectivity index (χ4n) is 2.51. The van der Waals surface area contributed by atoms with E-state index in [1.165, 1.54) is 0 Å². The molecule has 2 amide bonds. The first-order valence-electron chi connectivity index (χ1n) is 7.60. The van der Waals surface area contributed by atoms with Crippen LogP contribution in [0.2, 0.25) is 0 Å². The Kier molecular flexibility index (Phi) is 6.65. The lowest BCUT2D eigenvalue weighted by molar-refractivity contribution is -0.137. The summed E-state index contributed by atoms with van der Waals surface area (Å²) in [7, 11) is 0. The standard InChI is InChI=1S/C15H26N2O4/c1-10(2)17-9-12(8-13(17)18)15(21)16-7-6-11(3)4-5-14(19)20/h10-12H,4-9H2,1-3H3,(H,16,21)(H,19,20). The number of hydrogen-bond donors (Lipinski definition) is 2. The molecule has 1 saturated heterocycles. The Hall–Kier alpha value is -1.59. The summed E-state index contributed by atoms with van der Waals surface area (Å²) >= 11 is 0. The van der Waals surface area contributed by atoms with Crippen molar-refractivity contribution in [1.29, 1.82) is 0 Å². The Labute approximate surface area is 125 Å². The van der Waals surface area contributed by atoms with Gasteiger partial charge in [-0.15, -0.1) is 0 Å². The van der Waals surface area contributed by atoms with Gasteiger partial charge in [-0.25, -0.2) is 0 Å². The summed E-state index contributed by atoms with van der Waals surface area (Å²) < 4.78 is 0. The van der Waals surface area contributed by atoms with Crippen LogP contribution < -0.4 is 5.32 Å². The number of carbonyl (C=O) groups excluding carboxylic acids is 2. The smallest absolute Gasteiger partial charge is 0.303 e. The second kappa shape index (κ2) is 8.00. The second-order valence-corrected chi connectivity index (χ2v) is 6.16. The highest BCUT2D eigenvalue weighted by molar-refractivity contribution is 5.89. The number of aliphatic carboxylic acids is 1. The highest BCUT2D eigenvalue weighted by atomic mass is 16.4. The van der Waals surface area contributed by atoms with E-state index in [1.807, 2.05) is 20.8 Å². The van der Waals surface area contributed by atoms with Crippen LogP contribution in [0.3, 0.4) is 0 Å². The summed E-state index contributed by atoms with van der Waals surface area (Å²) in [6, 6.07) is 0.131. The number of carboxylic acids is 1. The molecular weight excluding hydrogens is 272 g/mol. The summed E-state index contributed by atoms with van der Waals surface area (Å²) in [6.45, 7) is 6.90. The molecule has 0 saturated carbocycles. The van der Waals surface area contributed by atoms with Crippen LogP contribution in [0.25, 0.3) is 0 Å². The van der Waals surface area contributed by atoms with Crippen molar-refractivity contribution < 1.29 is 19.5 Å². The van der Waals surface area contributed by atoms with Crippen molar-refractivity contribution in [2.45, 2.75) is 52.5 Å². The van der Waals surface area contributed by atoms with E-state index < -0.39 is 5.97 Å². The van der Waals surface area contributed by atoms with E-state index in [-0.39, 0.29) is 36.1 Å². The Bertz CT molecular complexity index is 395. The van der Waals surface area contributed by atoms with Crippen LogP contribution in [0.5, 0.6) is 0 Å². The predicted molar refractivity (Wildman–Crippen MR) is 78.6 cm³/mol. The van der Waals surface area contributed by atoms with Crippen LogP contribution in [0, 0.1) is 11.8 Å². The fraction of sp³-hybridized carbons (Fsp3) is 0.800. The molecule has 6 nitrogen and oxygen atoms in total. The van der Waals surface area contributed by atoms with Crippen molar-refractivity contribution >= 4 is 17.8 Å². The van der Waals surface area contributed by atoms with Crippen LogP contribution in [-0.2, 0) is 14.4 Å². The lowest BCUT2D eigenvalue weighted by Crippen LogP contribution is -2.36. The van der Waals surface area contributed by atoms with Crippen LogP contribution in [0.1, 0.15) is 46.5 Å². The van der Waals surface area contributed by atoms with Crippen molar-refractivity contribution in [3.63, 3.8) is 0 Å². The molecule has 2 unspecified atom stereocenters. The van der Waals surface area contributed by atoms with Gasteiger partial charge in [0.25, 0.3) is 0 Å². The molecule has 0 aliphatic carbocycles. The Morgan fingerprint density at radius 3 is 2.52 bits per heavy atom. The van der Waals surface area contributed by atoms with Crippen LogP contribution in [0.15, 0.2) is 0 Å². The van der Waals surface area contributed by atoms with Crippen LogP contribution in [0.4, 0.5) is 0 Å². The molecule has 0 aromatic heterocycles. The zero-order chi connectivity index (χ0) is 16.0. The van der Waals surface area contributed by atoms with Gasteiger partial charge in [0.1, 0.15) is 0 Å².